The molecule has 0 bridgehead atoms. The van der Waals surface area contributed by atoms with E-state index >= 15 is 0 Å². The van der Waals surface area contributed by atoms with Crippen molar-refractivity contribution in [2.24, 2.45) is 0 Å². The van der Waals surface area contributed by atoms with E-state index in [0.29, 0.717) is 11.4 Å². The summed E-state index contributed by atoms with van der Waals surface area (Å²) in [6.07, 6.45) is 0.878. The Hall–Kier alpha value is -1.37. The van der Waals surface area contributed by atoms with Crippen LogP contribution in [-0.4, -0.2) is 15.0 Å². The van der Waals surface area contributed by atoms with Crippen LogP contribution < -0.4 is 10.0 Å². The van der Waals surface area contributed by atoms with Crippen LogP contribution in [0.4, 0.5) is 5.69 Å². The minimum Gasteiger partial charge on any atom is -0.384 e. The monoisotopic (exact) mass is 308 g/mol. The second-order valence-electron chi connectivity index (χ2n) is 4.85. The fourth-order valence-corrected chi connectivity index (χ4v) is 4.26. The summed E-state index contributed by atoms with van der Waals surface area (Å²) in [6, 6.07) is 7.25. The molecule has 0 radical (unpaired) electrons. The SMILES string of the molecule is Cc1ccsc1CNS(=O)(=O)c1ccc2c(c1)CCN2. The van der Waals surface area contributed by atoms with Crippen LogP contribution in [0.25, 0.3) is 0 Å². The fraction of sp³-hybridized carbons (Fsp3) is 0.286. The molecule has 1 aliphatic rings. The molecule has 0 saturated carbocycles. The molecule has 0 aliphatic carbocycles. The summed E-state index contributed by atoms with van der Waals surface area (Å²) >= 11 is 1.57. The molecule has 0 fully saturated rings. The summed E-state index contributed by atoms with van der Waals surface area (Å²) in [5.41, 5.74) is 3.23. The molecule has 106 valence electrons. The zero-order valence-corrected chi connectivity index (χ0v) is 12.8. The van der Waals surface area contributed by atoms with Gasteiger partial charge in [0, 0.05) is 23.7 Å². The lowest BCUT2D eigenvalue weighted by molar-refractivity contribution is 0.581. The van der Waals surface area contributed by atoms with E-state index in [4.69, 9.17) is 0 Å². The Balaban J connectivity index is 1.80. The Morgan fingerprint density at radius 1 is 1.35 bits per heavy atom. The number of anilines is 1. The van der Waals surface area contributed by atoms with Gasteiger partial charge in [0.25, 0.3) is 0 Å². The molecule has 1 aromatic carbocycles. The largest absolute Gasteiger partial charge is 0.384 e. The summed E-state index contributed by atoms with van der Waals surface area (Å²) in [6.45, 7) is 3.21. The average molecular weight is 308 g/mol. The highest BCUT2D eigenvalue weighted by atomic mass is 32.2. The van der Waals surface area contributed by atoms with Crippen LogP contribution in [0.3, 0.4) is 0 Å². The molecule has 3 rings (SSSR count). The van der Waals surface area contributed by atoms with Gasteiger partial charge >= 0.3 is 0 Å². The lowest BCUT2D eigenvalue weighted by Crippen LogP contribution is -2.23. The van der Waals surface area contributed by atoms with Gasteiger partial charge in [-0.2, -0.15) is 0 Å². The summed E-state index contributed by atoms with van der Waals surface area (Å²) < 4.78 is 27.3. The van der Waals surface area contributed by atoms with Crippen LogP contribution in [0.5, 0.6) is 0 Å². The van der Waals surface area contributed by atoms with Gasteiger partial charge in [0.1, 0.15) is 0 Å². The highest BCUT2D eigenvalue weighted by Crippen LogP contribution is 2.25. The second-order valence-corrected chi connectivity index (χ2v) is 7.61. The number of nitrogens with one attached hydrogen (secondary N) is 2. The predicted octanol–water partition coefficient (Wildman–Crippen LogP) is 2.50. The molecule has 6 heteroatoms. The van der Waals surface area contributed by atoms with Crippen LogP contribution in [0.1, 0.15) is 16.0 Å². The predicted molar refractivity (Wildman–Crippen MR) is 81.7 cm³/mol. The molecule has 4 nitrogen and oxygen atoms in total. The minimum absolute atomic E-state index is 0.342. The molecule has 1 aliphatic heterocycles. The van der Waals surface area contributed by atoms with Crippen molar-refractivity contribution < 1.29 is 8.42 Å². The Morgan fingerprint density at radius 2 is 2.20 bits per heavy atom. The molecule has 2 N–H and O–H groups in total. The topological polar surface area (TPSA) is 58.2 Å². The normalized spacial score (nSPS) is 14.1. The van der Waals surface area contributed by atoms with Crippen molar-refractivity contribution in [2.45, 2.75) is 24.8 Å². The standard InChI is InChI=1S/C14H16N2O2S2/c1-10-5-7-19-14(10)9-16-20(17,18)12-2-3-13-11(8-12)4-6-15-13/h2-3,5,7-8,15-16H,4,6,9H2,1H3. The highest BCUT2D eigenvalue weighted by molar-refractivity contribution is 7.89. The quantitative estimate of drug-likeness (QED) is 0.912. The number of hydrogen-bond acceptors (Lipinski definition) is 4. The summed E-state index contributed by atoms with van der Waals surface area (Å²) in [4.78, 5) is 1.39. The van der Waals surface area contributed by atoms with E-state index < -0.39 is 10.0 Å². The zero-order chi connectivity index (χ0) is 14.2. The number of benzene rings is 1. The van der Waals surface area contributed by atoms with Crippen molar-refractivity contribution in [1.82, 2.24) is 4.72 Å². The zero-order valence-electron chi connectivity index (χ0n) is 11.1. The summed E-state index contributed by atoms with van der Waals surface area (Å²) in [5.74, 6) is 0. The Bertz CT molecular complexity index is 735. The third kappa shape index (κ3) is 2.59. The van der Waals surface area contributed by atoms with Crippen molar-refractivity contribution in [3.05, 3.63) is 45.6 Å². The number of hydrogen-bond donors (Lipinski definition) is 2. The molecule has 0 spiro atoms. The summed E-state index contributed by atoms with van der Waals surface area (Å²) in [5, 5.41) is 5.20. The van der Waals surface area contributed by atoms with Gasteiger partial charge in [-0.1, -0.05) is 0 Å². The van der Waals surface area contributed by atoms with Crippen LogP contribution in [0, 0.1) is 6.92 Å². The van der Waals surface area contributed by atoms with Gasteiger partial charge in [0.2, 0.25) is 10.0 Å². The van der Waals surface area contributed by atoms with Gasteiger partial charge in [0.05, 0.1) is 4.90 Å². The number of fused-ring (bicyclic) bond motifs is 1. The van der Waals surface area contributed by atoms with E-state index in [-0.39, 0.29) is 0 Å². The van der Waals surface area contributed by atoms with Crippen molar-refractivity contribution in [1.29, 1.82) is 0 Å². The fourth-order valence-electron chi connectivity index (χ4n) is 2.28. The van der Waals surface area contributed by atoms with Crippen LogP contribution in [0.15, 0.2) is 34.5 Å². The van der Waals surface area contributed by atoms with Crippen molar-refractivity contribution in [2.75, 3.05) is 11.9 Å². The lowest BCUT2D eigenvalue weighted by atomic mass is 10.2. The van der Waals surface area contributed by atoms with Crippen molar-refractivity contribution in [3.8, 4) is 0 Å². The Kier molecular flexibility index (Phi) is 3.54. The van der Waals surface area contributed by atoms with Gasteiger partial charge in [-0.05, 0) is 54.1 Å². The first kappa shape index (κ1) is 13.6. The molecule has 0 saturated heterocycles. The smallest absolute Gasteiger partial charge is 0.240 e. The van der Waals surface area contributed by atoms with E-state index in [1.54, 1.807) is 23.5 Å². The van der Waals surface area contributed by atoms with Crippen molar-refractivity contribution >= 4 is 27.0 Å². The maximum Gasteiger partial charge on any atom is 0.240 e. The second kappa shape index (κ2) is 5.20. The van der Waals surface area contributed by atoms with E-state index in [2.05, 4.69) is 10.0 Å². The molecule has 0 atom stereocenters. The maximum atomic E-state index is 12.3. The van der Waals surface area contributed by atoms with Crippen LogP contribution in [-0.2, 0) is 23.0 Å². The molecule has 2 aromatic rings. The first-order valence-corrected chi connectivity index (χ1v) is 8.82. The van der Waals surface area contributed by atoms with Gasteiger partial charge in [-0.3, -0.25) is 0 Å². The number of rotatable bonds is 4. The average Bonchev–Trinajstić information content (AvgIpc) is 3.04. The lowest BCUT2D eigenvalue weighted by Gasteiger charge is -2.08. The first-order chi connectivity index (χ1) is 9.56. The number of aryl methyl sites for hydroxylation is 1. The molecule has 0 unspecified atom stereocenters. The van der Waals surface area contributed by atoms with E-state index in [0.717, 1.165) is 34.7 Å². The maximum absolute atomic E-state index is 12.3. The third-order valence-electron chi connectivity index (χ3n) is 3.49. The van der Waals surface area contributed by atoms with Gasteiger partial charge in [0.15, 0.2) is 0 Å². The van der Waals surface area contributed by atoms with Crippen molar-refractivity contribution in [3.63, 3.8) is 0 Å². The first-order valence-electron chi connectivity index (χ1n) is 6.46. The van der Waals surface area contributed by atoms with E-state index in [1.165, 1.54) is 0 Å². The van der Waals surface area contributed by atoms with Gasteiger partial charge in [-0.15, -0.1) is 11.3 Å². The van der Waals surface area contributed by atoms with Gasteiger partial charge < -0.3 is 5.32 Å². The Labute approximate surface area is 122 Å². The molecule has 20 heavy (non-hydrogen) atoms. The van der Waals surface area contributed by atoms with E-state index in [1.807, 2.05) is 24.4 Å². The number of thiophene rings is 1. The molecular weight excluding hydrogens is 292 g/mol. The highest BCUT2D eigenvalue weighted by Gasteiger charge is 2.18. The molecular formula is C14H16N2O2S2. The molecule has 2 heterocycles. The van der Waals surface area contributed by atoms with Gasteiger partial charge in [-0.25, -0.2) is 13.1 Å². The Morgan fingerprint density at radius 3 is 2.95 bits per heavy atom. The summed E-state index contributed by atoms with van der Waals surface area (Å²) in [7, 11) is -3.45. The molecule has 0 amide bonds. The number of sulfonamides is 1. The molecule has 1 aromatic heterocycles. The van der Waals surface area contributed by atoms with Crippen LogP contribution in [0.2, 0.25) is 0 Å². The third-order valence-corrected chi connectivity index (χ3v) is 5.91. The van der Waals surface area contributed by atoms with E-state index in [9.17, 15) is 8.42 Å². The minimum atomic E-state index is -3.45. The van der Waals surface area contributed by atoms with Crippen LogP contribution >= 0.6 is 11.3 Å².